The minimum absolute atomic E-state index is 0.683. The number of halogens is 1. The molecule has 16 heavy (non-hydrogen) atoms. The molecule has 0 saturated carbocycles. The Kier molecular flexibility index (Phi) is 4.36. The highest BCUT2D eigenvalue weighted by Gasteiger charge is 2.26. The van der Waals surface area contributed by atoms with Crippen LogP contribution in [0.4, 0.5) is 0 Å². The number of hydrogen-bond acceptors (Lipinski definition) is 2. The minimum atomic E-state index is 0.683. The summed E-state index contributed by atoms with van der Waals surface area (Å²) < 4.78 is 2.17. The van der Waals surface area contributed by atoms with Gasteiger partial charge in [0.25, 0.3) is 0 Å². The van der Waals surface area contributed by atoms with Crippen LogP contribution in [0.2, 0.25) is 0 Å². The van der Waals surface area contributed by atoms with Crippen molar-refractivity contribution in [1.29, 1.82) is 0 Å². The summed E-state index contributed by atoms with van der Waals surface area (Å²) in [5, 5.41) is 4.61. The van der Waals surface area contributed by atoms with Crippen LogP contribution >= 0.6 is 27.7 Å². The summed E-state index contributed by atoms with van der Waals surface area (Å²) >= 11 is 5.84. The predicted molar refractivity (Wildman–Crippen MR) is 74.5 cm³/mol. The van der Waals surface area contributed by atoms with Crippen LogP contribution in [0.1, 0.15) is 25.2 Å². The molecule has 0 aromatic carbocycles. The van der Waals surface area contributed by atoms with E-state index >= 15 is 0 Å². The first kappa shape index (κ1) is 12.5. The van der Waals surface area contributed by atoms with E-state index in [-0.39, 0.29) is 0 Å². The van der Waals surface area contributed by atoms with Crippen LogP contribution < -0.4 is 0 Å². The first-order valence-corrected chi connectivity index (χ1v) is 8.09. The summed E-state index contributed by atoms with van der Waals surface area (Å²) in [6, 6.07) is 2.28. The summed E-state index contributed by atoms with van der Waals surface area (Å²) in [4.78, 5) is 0.683. The third kappa shape index (κ3) is 2.65. The number of rotatable bonds is 4. The third-order valence-electron chi connectivity index (χ3n) is 3.17. The molecule has 90 valence electrons. The van der Waals surface area contributed by atoms with Gasteiger partial charge in [-0.3, -0.25) is 4.68 Å². The van der Waals surface area contributed by atoms with Crippen LogP contribution in [-0.4, -0.2) is 26.1 Å². The highest BCUT2D eigenvalue weighted by Crippen LogP contribution is 2.32. The summed E-state index contributed by atoms with van der Waals surface area (Å²) in [5.74, 6) is 3.31. The largest absolute Gasteiger partial charge is 0.270 e. The molecule has 1 saturated heterocycles. The van der Waals surface area contributed by atoms with Gasteiger partial charge < -0.3 is 0 Å². The summed E-state index contributed by atoms with van der Waals surface area (Å²) in [7, 11) is 0. The molecule has 2 heterocycles. The van der Waals surface area contributed by atoms with E-state index in [9.17, 15) is 0 Å². The lowest BCUT2D eigenvalue weighted by Crippen LogP contribution is -2.16. The van der Waals surface area contributed by atoms with Gasteiger partial charge in [0.1, 0.15) is 0 Å². The lowest BCUT2D eigenvalue weighted by atomic mass is 10.0. The fraction of sp³-hybridized carbons (Fsp3) is 0.750. The Hall–Kier alpha value is 0.0400. The number of hydrogen-bond donors (Lipinski definition) is 0. The van der Waals surface area contributed by atoms with Crippen LogP contribution in [-0.2, 0) is 19.4 Å². The molecule has 0 bridgehead atoms. The average Bonchev–Trinajstić information content (AvgIpc) is 2.86. The summed E-state index contributed by atoms with van der Waals surface area (Å²) in [5.41, 5.74) is 2.64. The first-order chi connectivity index (χ1) is 7.74. The molecule has 1 aliphatic rings. The molecular formula is C12H19BrN2S. The zero-order valence-corrected chi connectivity index (χ0v) is 12.4. The Morgan fingerprint density at radius 1 is 1.50 bits per heavy atom. The second kappa shape index (κ2) is 5.58. The van der Waals surface area contributed by atoms with E-state index in [1.54, 1.807) is 0 Å². The van der Waals surface area contributed by atoms with Crippen molar-refractivity contribution in [3.8, 4) is 0 Å². The van der Waals surface area contributed by atoms with Crippen molar-refractivity contribution in [3.63, 3.8) is 0 Å². The van der Waals surface area contributed by atoms with Crippen molar-refractivity contribution in [1.82, 2.24) is 9.78 Å². The second-order valence-corrected chi connectivity index (χ2v) is 6.57. The maximum Gasteiger partial charge on any atom is 0.0624 e. The molecule has 1 aromatic heterocycles. The van der Waals surface area contributed by atoms with E-state index in [0.29, 0.717) is 4.83 Å². The van der Waals surface area contributed by atoms with Gasteiger partial charge in [0, 0.05) is 22.8 Å². The van der Waals surface area contributed by atoms with Gasteiger partial charge in [-0.15, -0.1) is 0 Å². The molecule has 2 atom stereocenters. The van der Waals surface area contributed by atoms with Crippen LogP contribution in [0.3, 0.4) is 0 Å². The van der Waals surface area contributed by atoms with Gasteiger partial charge in [-0.2, -0.15) is 16.9 Å². The van der Waals surface area contributed by atoms with Crippen molar-refractivity contribution >= 4 is 27.7 Å². The zero-order chi connectivity index (χ0) is 11.5. The van der Waals surface area contributed by atoms with Gasteiger partial charge in [0.2, 0.25) is 0 Å². The quantitative estimate of drug-likeness (QED) is 0.795. The van der Waals surface area contributed by atoms with Crippen molar-refractivity contribution in [2.75, 3.05) is 11.5 Å². The van der Waals surface area contributed by atoms with Gasteiger partial charge in [-0.25, -0.2) is 0 Å². The molecule has 2 unspecified atom stereocenters. The van der Waals surface area contributed by atoms with Crippen molar-refractivity contribution < 1.29 is 0 Å². The molecule has 2 rings (SSSR count). The van der Waals surface area contributed by atoms with Gasteiger partial charge in [0.05, 0.1) is 5.69 Å². The van der Waals surface area contributed by atoms with E-state index in [0.717, 1.165) is 18.9 Å². The standard InChI is InChI=1S/C12H19BrN2S/c1-3-10-6-11(15(4-2)14-10)5-9-7-16-8-12(9)13/h6,9,12H,3-5,7-8H2,1-2H3. The lowest BCUT2D eigenvalue weighted by molar-refractivity contribution is 0.548. The molecule has 1 fully saturated rings. The molecule has 0 N–H and O–H groups in total. The number of aryl methyl sites for hydroxylation is 2. The molecule has 4 heteroatoms. The topological polar surface area (TPSA) is 17.8 Å². The third-order valence-corrected chi connectivity index (χ3v) is 5.93. The number of aromatic nitrogens is 2. The fourth-order valence-electron chi connectivity index (χ4n) is 2.15. The zero-order valence-electron chi connectivity index (χ0n) is 9.95. The lowest BCUT2D eigenvalue weighted by Gasteiger charge is -2.13. The maximum atomic E-state index is 4.61. The Morgan fingerprint density at radius 3 is 2.88 bits per heavy atom. The SMILES string of the molecule is CCc1cc(CC2CSCC2Br)n(CC)n1. The van der Waals surface area contributed by atoms with Crippen LogP contribution in [0, 0.1) is 5.92 Å². The molecular weight excluding hydrogens is 284 g/mol. The van der Waals surface area contributed by atoms with Gasteiger partial charge in [-0.1, -0.05) is 22.9 Å². The molecule has 0 aliphatic carbocycles. The Balaban J connectivity index is 2.10. The van der Waals surface area contributed by atoms with Crippen LogP contribution in [0.25, 0.3) is 0 Å². The number of thioether (sulfide) groups is 1. The van der Waals surface area contributed by atoms with Crippen molar-refractivity contribution in [2.45, 2.75) is 38.1 Å². The van der Waals surface area contributed by atoms with E-state index in [2.05, 4.69) is 57.4 Å². The van der Waals surface area contributed by atoms with Gasteiger partial charge >= 0.3 is 0 Å². The van der Waals surface area contributed by atoms with Gasteiger partial charge in [0.15, 0.2) is 0 Å². The summed E-state index contributed by atoms with van der Waals surface area (Å²) in [6.07, 6.45) is 2.21. The average molecular weight is 303 g/mol. The maximum absolute atomic E-state index is 4.61. The Labute approximate surface area is 110 Å². The van der Waals surface area contributed by atoms with E-state index in [1.165, 1.54) is 29.3 Å². The molecule has 0 radical (unpaired) electrons. The van der Waals surface area contributed by atoms with Crippen LogP contribution in [0.5, 0.6) is 0 Å². The fourth-order valence-corrected chi connectivity index (χ4v) is 4.62. The summed E-state index contributed by atoms with van der Waals surface area (Å²) in [6.45, 7) is 5.33. The van der Waals surface area contributed by atoms with Crippen LogP contribution in [0.15, 0.2) is 6.07 Å². The Morgan fingerprint density at radius 2 is 2.31 bits per heavy atom. The van der Waals surface area contributed by atoms with Crippen molar-refractivity contribution in [3.05, 3.63) is 17.5 Å². The molecule has 0 amide bonds. The van der Waals surface area contributed by atoms with E-state index in [4.69, 9.17) is 0 Å². The molecule has 1 aromatic rings. The van der Waals surface area contributed by atoms with Gasteiger partial charge in [-0.05, 0) is 37.5 Å². The molecule has 1 aliphatic heterocycles. The van der Waals surface area contributed by atoms with E-state index < -0.39 is 0 Å². The number of nitrogens with zero attached hydrogens (tertiary/aromatic N) is 2. The number of alkyl halides is 1. The smallest absolute Gasteiger partial charge is 0.0624 e. The monoisotopic (exact) mass is 302 g/mol. The first-order valence-electron chi connectivity index (χ1n) is 6.02. The molecule has 2 nitrogen and oxygen atoms in total. The normalized spacial score (nSPS) is 25.2. The second-order valence-electron chi connectivity index (χ2n) is 4.31. The predicted octanol–water partition coefficient (Wildman–Crippen LogP) is 3.13. The Bertz CT molecular complexity index is 351. The molecule has 0 spiro atoms. The highest BCUT2D eigenvalue weighted by molar-refractivity contribution is 9.09. The van der Waals surface area contributed by atoms with E-state index in [1.807, 2.05) is 0 Å². The van der Waals surface area contributed by atoms with Crippen molar-refractivity contribution in [2.24, 2.45) is 5.92 Å². The highest BCUT2D eigenvalue weighted by atomic mass is 79.9. The minimum Gasteiger partial charge on any atom is -0.270 e.